The van der Waals surface area contributed by atoms with Crippen LogP contribution in [0.15, 0.2) is 0 Å². The van der Waals surface area contributed by atoms with Crippen molar-refractivity contribution in [2.45, 2.75) is 25.0 Å². The number of halogens is 1. The zero-order chi connectivity index (χ0) is 5.82. The number of hydrogen-bond donors (Lipinski definition) is 0. The molecule has 0 bridgehead atoms. The van der Waals surface area contributed by atoms with Crippen molar-refractivity contribution >= 4 is 19.9 Å². The van der Waals surface area contributed by atoms with Crippen LogP contribution in [0.25, 0.3) is 0 Å². The summed E-state index contributed by atoms with van der Waals surface area (Å²) in [7, 11) is -0.212. The summed E-state index contributed by atoms with van der Waals surface area (Å²) in [4.78, 5) is 0. The lowest BCUT2D eigenvalue weighted by Crippen LogP contribution is -2.26. The van der Waals surface area contributed by atoms with Crippen LogP contribution in [0, 0.1) is 0 Å². The zero-order valence-corrected chi connectivity index (χ0v) is 7.07. The van der Waals surface area contributed by atoms with Gasteiger partial charge in [0, 0.05) is 6.61 Å². The van der Waals surface area contributed by atoms with Gasteiger partial charge >= 0.3 is 0 Å². The lowest BCUT2D eigenvalue weighted by Gasteiger charge is -2.25. The Morgan fingerprint density at radius 2 is 2.50 bits per heavy atom. The van der Waals surface area contributed by atoms with Crippen LogP contribution in [-0.4, -0.2) is 21.5 Å². The van der Waals surface area contributed by atoms with E-state index in [1.165, 1.54) is 18.9 Å². The van der Waals surface area contributed by atoms with E-state index in [2.05, 4.69) is 0 Å². The van der Waals surface area contributed by atoms with Crippen LogP contribution in [0.5, 0.6) is 0 Å². The van der Waals surface area contributed by atoms with E-state index in [4.69, 9.17) is 15.8 Å². The van der Waals surface area contributed by atoms with Crippen molar-refractivity contribution in [3.63, 3.8) is 0 Å². The predicted octanol–water partition coefficient (Wildman–Crippen LogP) is 0.906. The Bertz CT molecular complexity index is 65.4. The molecule has 0 saturated carbocycles. The van der Waals surface area contributed by atoms with Crippen molar-refractivity contribution in [3.8, 4) is 0 Å². The van der Waals surface area contributed by atoms with E-state index in [-0.39, 0.29) is 8.83 Å². The minimum atomic E-state index is -0.212. The van der Waals surface area contributed by atoms with Gasteiger partial charge < -0.3 is 4.74 Å². The van der Waals surface area contributed by atoms with Crippen LogP contribution < -0.4 is 0 Å². The summed E-state index contributed by atoms with van der Waals surface area (Å²) in [5.41, 5.74) is 0. The maximum absolute atomic E-state index is 5.61. The average molecular weight is 151 g/mol. The largest absolute Gasteiger partial charge is 0.378 e. The molecule has 0 N–H and O–H groups in total. The first kappa shape index (κ1) is 6.58. The maximum atomic E-state index is 5.61. The standard InChI is InChI=1S/C5H11ClOSi/c6-8-4-2-5-1-3-7-5/h5H,1-4,8H2. The fourth-order valence-electron chi connectivity index (χ4n) is 0.817. The third-order valence-electron chi connectivity index (χ3n) is 1.45. The van der Waals surface area contributed by atoms with Crippen molar-refractivity contribution < 1.29 is 4.74 Å². The van der Waals surface area contributed by atoms with Crippen LogP contribution >= 0.6 is 11.1 Å². The van der Waals surface area contributed by atoms with Gasteiger partial charge in [0.1, 0.15) is 8.83 Å². The minimum absolute atomic E-state index is 0.212. The van der Waals surface area contributed by atoms with Crippen molar-refractivity contribution in [1.82, 2.24) is 0 Å². The highest BCUT2D eigenvalue weighted by molar-refractivity contribution is 6.93. The van der Waals surface area contributed by atoms with E-state index in [0.29, 0.717) is 6.10 Å². The first-order valence-corrected chi connectivity index (χ1v) is 6.25. The van der Waals surface area contributed by atoms with Gasteiger partial charge in [-0.2, -0.15) is 11.1 Å². The van der Waals surface area contributed by atoms with Crippen molar-refractivity contribution in [3.05, 3.63) is 0 Å². The molecule has 8 heavy (non-hydrogen) atoms. The highest BCUT2D eigenvalue weighted by Gasteiger charge is 2.16. The fraction of sp³-hybridized carbons (Fsp3) is 1.00. The van der Waals surface area contributed by atoms with Crippen molar-refractivity contribution in [1.29, 1.82) is 0 Å². The molecular weight excluding hydrogens is 140 g/mol. The van der Waals surface area contributed by atoms with Gasteiger partial charge in [0.25, 0.3) is 0 Å². The quantitative estimate of drug-likeness (QED) is 0.429. The van der Waals surface area contributed by atoms with E-state index in [1.807, 2.05) is 0 Å². The molecule has 1 fully saturated rings. The fourth-order valence-corrected chi connectivity index (χ4v) is 1.89. The normalized spacial score (nSPS) is 28.9. The van der Waals surface area contributed by atoms with Crippen LogP contribution in [-0.2, 0) is 4.74 Å². The van der Waals surface area contributed by atoms with E-state index < -0.39 is 0 Å². The Hall–Kier alpha value is 0.467. The second kappa shape index (κ2) is 3.48. The summed E-state index contributed by atoms with van der Waals surface area (Å²) < 4.78 is 5.20. The molecule has 0 aromatic carbocycles. The second-order valence-corrected chi connectivity index (χ2v) is 4.33. The number of ether oxygens (including phenoxy) is 1. The molecule has 1 unspecified atom stereocenters. The molecule has 1 atom stereocenters. The third kappa shape index (κ3) is 1.76. The van der Waals surface area contributed by atoms with E-state index in [9.17, 15) is 0 Å². The lowest BCUT2D eigenvalue weighted by atomic mass is 10.1. The molecule has 0 radical (unpaired) electrons. The van der Waals surface area contributed by atoms with E-state index in [0.717, 1.165) is 6.61 Å². The molecule has 1 aliphatic rings. The molecule has 0 aliphatic carbocycles. The van der Waals surface area contributed by atoms with Crippen LogP contribution in [0.4, 0.5) is 0 Å². The molecule has 1 saturated heterocycles. The Morgan fingerprint density at radius 1 is 1.75 bits per heavy atom. The first-order valence-electron chi connectivity index (χ1n) is 3.11. The molecule has 1 aliphatic heterocycles. The maximum Gasteiger partial charge on any atom is 0.125 e. The molecule has 0 spiro atoms. The van der Waals surface area contributed by atoms with Gasteiger partial charge in [-0.3, -0.25) is 0 Å². The summed E-state index contributed by atoms with van der Waals surface area (Å²) >= 11 is 5.61. The monoisotopic (exact) mass is 150 g/mol. The first-order chi connectivity index (χ1) is 3.93. The molecular formula is C5H11ClOSi. The van der Waals surface area contributed by atoms with Crippen LogP contribution in [0.2, 0.25) is 6.04 Å². The smallest absolute Gasteiger partial charge is 0.125 e. The molecule has 1 nitrogen and oxygen atoms in total. The van der Waals surface area contributed by atoms with Gasteiger partial charge in [0.2, 0.25) is 0 Å². The molecule has 48 valence electrons. The molecule has 0 aromatic heterocycles. The van der Waals surface area contributed by atoms with E-state index in [1.54, 1.807) is 0 Å². The Morgan fingerprint density at radius 3 is 2.88 bits per heavy atom. The number of hydrogen-bond acceptors (Lipinski definition) is 1. The minimum Gasteiger partial charge on any atom is -0.378 e. The van der Waals surface area contributed by atoms with Gasteiger partial charge in [0.15, 0.2) is 0 Å². The van der Waals surface area contributed by atoms with Crippen molar-refractivity contribution in [2.75, 3.05) is 6.61 Å². The predicted molar refractivity (Wildman–Crippen MR) is 38.2 cm³/mol. The highest BCUT2D eigenvalue weighted by Crippen LogP contribution is 2.16. The summed E-state index contributed by atoms with van der Waals surface area (Å²) in [5, 5.41) is 0. The van der Waals surface area contributed by atoms with Gasteiger partial charge in [-0.1, -0.05) is 0 Å². The van der Waals surface area contributed by atoms with Gasteiger partial charge in [0.05, 0.1) is 6.10 Å². The summed E-state index contributed by atoms with van der Waals surface area (Å²) in [6.45, 7) is 0.981. The van der Waals surface area contributed by atoms with Crippen LogP contribution in [0.1, 0.15) is 12.8 Å². The van der Waals surface area contributed by atoms with Gasteiger partial charge in [-0.05, 0) is 18.9 Å². The van der Waals surface area contributed by atoms with Gasteiger partial charge in [-0.15, -0.1) is 0 Å². The Labute approximate surface area is 56.9 Å². The lowest BCUT2D eigenvalue weighted by molar-refractivity contribution is -0.0515. The average Bonchev–Trinajstić information content (AvgIpc) is 1.63. The van der Waals surface area contributed by atoms with Gasteiger partial charge in [-0.25, -0.2) is 0 Å². The molecule has 1 heterocycles. The summed E-state index contributed by atoms with van der Waals surface area (Å²) in [6.07, 6.45) is 3.07. The van der Waals surface area contributed by atoms with Crippen LogP contribution in [0.3, 0.4) is 0 Å². The summed E-state index contributed by atoms with van der Waals surface area (Å²) in [5.74, 6) is 0. The highest BCUT2D eigenvalue weighted by atomic mass is 35.6. The Balaban J connectivity index is 1.86. The molecule has 0 amide bonds. The zero-order valence-electron chi connectivity index (χ0n) is 4.90. The molecule has 1 rings (SSSR count). The van der Waals surface area contributed by atoms with E-state index >= 15 is 0 Å². The third-order valence-corrected chi connectivity index (χ3v) is 2.93. The molecule has 3 heteroatoms. The van der Waals surface area contributed by atoms with Crippen molar-refractivity contribution in [2.24, 2.45) is 0 Å². The molecule has 0 aromatic rings. The SMILES string of the molecule is Cl[SiH2]CCC1CCO1. The summed E-state index contributed by atoms with van der Waals surface area (Å²) in [6, 6.07) is 1.24. The topological polar surface area (TPSA) is 9.23 Å². The Kier molecular flexibility index (Phi) is 2.87. The number of rotatable bonds is 3. The second-order valence-electron chi connectivity index (χ2n) is 2.11.